The zero-order chi connectivity index (χ0) is 13.6. The van der Waals surface area contributed by atoms with Gasteiger partial charge in [0.2, 0.25) is 0 Å². The van der Waals surface area contributed by atoms with Crippen LogP contribution in [0.1, 0.15) is 73.1 Å². The summed E-state index contributed by atoms with van der Waals surface area (Å²) < 4.78 is 0. The van der Waals surface area contributed by atoms with Gasteiger partial charge in [-0.25, -0.2) is 0 Å². The van der Waals surface area contributed by atoms with Crippen LogP contribution in [0.3, 0.4) is 0 Å². The van der Waals surface area contributed by atoms with Crippen LogP contribution in [-0.4, -0.2) is 5.78 Å². The van der Waals surface area contributed by atoms with Crippen LogP contribution < -0.4 is 0 Å². The molecule has 18 heavy (non-hydrogen) atoms. The number of Topliss-reactive ketones (excluding diaryl/α,β-unsaturated/α-hetero) is 1. The van der Waals surface area contributed by atoms with Crippen molar-refractivity contribution in [2.45, 2.75) is 73.1 Å². The number of carbonyl (C=O) groups excluding carboxylic acids is 1. The van der Waals surface area contributed by atoms with Crippen molar-refractivity contribution in [3.8, 4) is 0 Å². The van der Waals surface area contributed by atoms with Crippen molar-refractivity contribution in [1.29, 1.82) is 0 Å². The summed E-state index contributed by atoms with van der Waals surface area (Å²) in [7, 11) is 0. The summed E-state index contributed by atoms with van der Waals surface area (Å²) in [4.78, 5) is 12.2. The molecule has 0 bridgehead atoms. The fourth-order valence-corrected chi connectivity index (χ4v) is 4.45. The Bertz CT molecular complexity index is 388. The second-order valence-corrected chi connectivity index (χ2v) is 7.19. The minimum atomic E-state index is -0.109. The number of allylic oxidation sites excluding steroid dienone is 2. The van der Waals surface area contributed by atoms with E-state index in [9.17, 15) is 4.79 Å². The summed E-state index contributed by atoms with van der Waals surface area (Å²) in [6.07, 6.45) is 7.23. The minimum Gasteiger partial charge on any atom is -0.299 e. The molecule has 2 aliphatic rings. The summed E-state index contributed by atoms with van der Waals surface area (Å²) in [5.41, 5.74) is 3.55. The average molecular weight is 248 g/mol. The maximum absolute atomic E-state index is 12.2. The van der Waals surface area contributed by atoms with Gasteiger partial charge in [0.05, 0.1) is 0 Å². The van der Waals surface area contributed by atoms with Gasteiger partial charge in [0.15, 0.2) is 0 Å². The lowest BCUT2D eigenvalue weighted by atomic mass is 9.54. The summed E-state index contributed by atoms with van der Waals surface area (Å²) in [5, 5.41) is 0. The first kappa shape index (κ1) is 13.8. The smallest absolute Gasteiger partial charge is 0.136 e. The minimum absolute atomic E-state index is 0.109. The summed E-state index contributed by atoms with van der Waals surface area (Å²) >= 11 is 0. The van der Waals surface area contributed by atoms with Gasteiger partial charge in [-0.05, 0) is 56.8 Å². The Labute approximate surface area is 112 Å². The zero-order valence-electron chi connectivity index (χ0n) is 12.7. The van der Waals surface area contributed by atoms with Crippen molar-refractivity contribution in [1.82, 2.24) is 0 Å². The van der Waals surface area contributed by atoms with Gasteiger partial charge in [-0.1, -0.05) is 38.8 Å². The van der Waals surface area contributed by atoms with Crippen molar-refractivity contribution >= 4 is 5.78 Å². The molecule has 0 amide bonds. The Balaban J connectivity index is 2.50. The van der Waals surface area contributed by atoms with Crippen LogP contribution in [0.5, 0.6) is 0 Å². The number of hydrogen-bond donors (Lipinski definition) is 0. The third-order valence-corrected chi connectivity index (χ3v) is 5.67. The molecule has 0 aliphatic heterocycles. The predicted octanol–water partition coefficient (Wildman–Crippen LogP) is 4.91. The first-order valence-corrected chi connectivity index (χ1v) is 7.56. The van der Waals surface area contributed by atoms with E-state index in [1.54, 1.807) is 18.1 Å². The van der Waals surface area contributed by atoms with Gasteiger partial charge < -0.3 is 0 Å². The molecule has 2 atom stereocenters. The fraction of sp³-hybridized carbons (Fsp3) is 0.824. The highest BCUT2D eigenvalue weighted by molar-refractivity contribution is 5.83. The van der Waals surface area contributed by atoms with E-state index in [0.717, 1.165) is 19.3 Å². The van der Waals surface area contributed by atoms with E-state index in [1.165, 1.54) is 19.3 Å². The fourth-order valence-electron chi connectivity index (χ4n) is 4.45. The van der Waals surface area contributed by atoms with E-state index in [0.29, 0.717) is 17.1 Å². The van der Waals surface area contributed by atoms with Crippen molar-refractivity contribution in [3.63, 3.8) is 0 Å². The van der Waals surface area contributed by atoms with E-state index in [2.05, 4.69) is 27.7 Å². The van der Waals surface area contributed by atoms with Crippen molar-refractivity contribution < 1.29 is 4.79 Å². The third kappa shape index (κ3) is 1.96. The SMILES string of the molecule is CC[C@H]1C2=C(CCCC2(C)C)CC[C@@]1(C)C(C)=O. The van der Waals surface area contributed by atoms with Gasteiger partial charge in [0.25, 0.3) is 0 Å². The van der Waals surface area contributed by atoms with Gasteiger partial charge in [-0.2, -0.15) is 0 Å². The van der Waals surface area contributed by atoms with E-state index in [4.69, 9.17) is 0 Å². The lowest BCUT2D eigenvalue weighted by Crippen LogP contribution is -2.43. The van der Waals surface area contributed by atoms with Crippen LogP contribution in [0, 0.1) is 16.7 Å². The molecule has 0 N–H and O–H groups in total. The molecule has 1 nitrogen and oxygen atoms in total. The molecule has 0 heterocycles. The van der Waals surface area contributed by atoms with Crippen molar-refractivity contribution in [3.05, 3.63) is 11.1 Å². The van der Waals surface area contributed by atoms with Crippen LogP contribution in [-0.2, 0) is 4.79 Å². The van der Waals surface area contributed by atoms with Crippen LogP contribution in [0.15, 0.2) is 11.1 Å². The number of rotatable bonds is 2. The predicted molar refractivity (Wildman–Crippen MR) is 76.5 cm³/mol. The van der Waals surface area contributed by atoms with Crippen molar-refractivity contribution in [2.75, 3.05) is 0 Å². The standard InChI is InChI=1S/C17H28O/c1-6-14-15-13(8-7-10-16(15,3)4)9-11-17(14,5)12(2)18/h14H,6-11H2,1-5H3/t14-,17-/m0/s1. The topological polar surface area (TPSA) is 17.1 Å². The Morgan fingerprint density at radius 1 is 1.22 bits per heavy atom. The molecule has 0 aromatic heterocycles. The molecule has 0 radical (unpaired) electrons. The molecule has 0 unspecified atom stereocenters. The maximum atomic E-state index is 12.2. The largest absolute Gasteiger partial charge is 0.299 e. The van der Waals surface area contributed by atoms with Gasteiger partial charge in [0.1, 0.15) is 5.78 Å². The highest BCUT2D eigenvalue weighted by atomic mass is 16.1. The first-order valence-electron chi connectivity index (χ1n) is 7.56. The normalized spacial score (nSPS) is 35.3. The summed E-state index contributed by atoms with van der Waals surface area (Å²) in [5.74, 6) is 0.872. The Hall–Kier alpha value is -0.590. The molecule has 0 aromatic carbocycles. The van der Waals surface area contributed by atoms with Crippen LogP contribution in [0.2, 0.25) is 0 Å². The van der Waals surface area contributed by atoms with Gasteiger partial charge >= 0.3 is 0 Å². The number of ketones is 1. The molecule has 102 valence electrons. The maximum Gasteiger partial charge on any atom is 0.136 e. The van der Waals surface area contributed by atoms with Gasteiger partial charge in [0, 0.05) is 5.41 Å². The third-order valence-electron chi connectivity index (χ3n) is 5.67. The highest BCUT2D eigenvalue weighted by Gasteiger charge is 2.47. The second-order valence-electron chi connectivity index (χ2n) is 7.19. The van der Waals surface area contributed by atoms with Crippen LogP contribution in [0.25, 0.3) is 0 Å². The molecular formula is C17H28O. The molecule has 0 fully saturated rings. The highest BCUT2D eigenvalue weighted by Crippen LogP contribution is 2.56. The lowest BCUT2D eigenvalue weighted by molar-refractivity contribution is -0.129. The molecule has 2 aliphatic carbocycles. The second kappa shape index (κ2) is 4.51. The molecule has 2 rings (SSSR count). The van der Waals surface area contributed by atoms with Gasteiger partial charge in [-0.15, -0.1) is 0 Å². The molecule has 0 saturated carbocycles. The quantitative estimate of drug-likeness (QED) is 0.635. The first-order chi connectivity index (χ1) is 8.33. The average Bonchev–Trinajstić information content (AvgIpc) is 2.29. The molecule has 0 aromatic rings. The zero-order valence-corrected chi connectivity index (χ0v) is 12.7. The van der Waals surface area contributed by atoms with E-state index in [-0.39, 0.29) is 5.41 Å². The van der Waals surface area contributed by atoms with Gasteiger partial charge in [-0.3, -0.25) is 4.79 Å². The summed E-state index contributed by atoms with van der Waals surface area (Å²) in [6, 6.07) is 0. The van der Waals surface area contributed by atoms with Crippen molar-refractivity contribution in [2.24, 2.45) is 16.7 Å². The molecule has 0 spiro atoms. The van der Waals surface area contributed by atoms with Crippen LogP contribution in [0.4, 0.5) is 0 Å². The summed E-state index contributed by atoms with van der Waals surface area (Å²) in [6.45, 7) is 11.0. The van der Waals surface area contributed by atoms with E-state index in [1.807, 2.05) is 0 Å². The van der Waals surface area contributed by atoms with E-state index < -0.39 is 0 Å². The lowest BCUT2D eigenvalue weighted by Gasteiger charge is -2.49. The Kier molecular flexibility index (Phi) is 3.46. The van der Waals surface area contributed by atoms with Crippen LogP contribution >= 0.6 is 0 Å². The molecule has 0 saturated heterocycles. The Morgan fingerprint density at radius 3 is 2.44 bits per heavy atom. The number of carbonyl (C=O) groups is 1. The monoisotopic (exact) mass is 248 g/mol. The molecule has 1 heteroatoms. The Morgan fingerprint density at radius 2 is 1.89 bits per heavy atom. The molecular weight excluding hydrogens is 220 g/mol. The van der Waals surface area contributed by atoms with E-state index >= 15 is 0 Å². The number of hydrogen-bond acceptors (Lipinski definition) is 1.